The third-order valence-corrected chi connectivity index (χ3v) is 2.56. The van der Waals surface area contributed by atoms with E-state index >= 15 is 0 Å². The number of rotatable bonds is 5. The fraction of sp³-hybridized carbons (Fsp3) is 0.545. The van der Waals surface area contributed by atoms with Crippen LogP contribution in [0.3, 0.4) is 0 Å². The van der Waals surface area contributed by atoms with Crippen LogP contribution in [0, 0.1) is 0 Å². The number of hydrogen-bond acceptors (Lipinski definition) is 4. The van der Waals surface area contributed by atoms with Gasteiger partial charge in [-0.05, 0) is 19.4 Å². The molecular weight excluding hydrogens is 238 g/mol. The molecule has 0 aromatic carbocycles. The minimum absolute atomic E-state index is 0.263. The van der Waals surface area contributed by atoms with Crippen LogP contribution in [0.15, 0.2) is 6.07 Å². The minimum atomic E-state index is -1.34. The number of nitrogens with one attached hydrogen (secondary N) is 1. The number of aliphatic carboxylic acids is 1. The lowest BCUT2D eigenvalue weighted by molar-refractivity contribution is -0.141. The van der Waals surface area contributed by atoms with E-state index in [0.29, 0.717) is 6.42 Å². The van der Waals surface area contributed by atoms with Crippen LogP contribution < -0.4 is 5.32 Å². The van der Waals surface area contributed by atoms with Crippen molar-refractivity contribution >= 4 is 11.9 Å². The van der Waals surface area contributed by atoms with Gasteiger partial charge in [-0.1, -0.05) is 6.92 Å². The van der Waals surface area contributed by atoms with Crippen molar-refractivity contribution in [1.82, 2.24) is 15.1 Å². The van der Waals surface area contributed by atoms with E-state index in [-0.39, 0.29) is 5.69 Å². The van der Waals surface area contributed by atoms with Crippen LogP contribution in [0.1, 0.15) is 30.0 Å². The van der Waals surface area contributed by atoms with Crippen LogP contribution in [-0.2, 0) is 18.3 Å². The Kier molecular flexibility index (Phi) is 4.43. The van der Waals surface area contributed by atoms with Gasteiger partial charge in [0.05, 0.1) is 11.8 Å². The third kappa shape index (κ3) is 3.07. The number of carboxylic acid groups (broad SMARTS) is 1. The molecule has 18 heavy (non-hydrogen) atoms. The molecule has 0 fully saturated rings. The molecule has 0 saturated carbocycles. The van der Waals surface area contributed by atoms with Crippen LogP contribution in [0.2, 0.25) is 0 Å². The number of aromatic nitrogens is 2. The second-order valence-corrected chi connectivity index (χ2v) is 4.03. The zero-order valence-electron chi connectivity index (χ0n) is 10.5. The van der Waals surface area contributed by atoms with Gasteiger partial charge in [0.15, 0.2) is 6.04 Å². The Balaban J connectivity index is 2.87. The normalized spacial score (nSPS) is 14.0. The fourth-order valence-electron chi connectivity index (χ4n) is 1.52. The molecule has 7 nitrogen and oxygen atoms in total. The highest BCUT2D eigenvalue weighted by molar-refractivity contribution is 5.95. The molecule has 2 atom stereocenters. The predicted octanol–water partition coefficient (Wildman–Crippen LogP) is -0.454. The molecule has 0 aliphatic rings. The molecule has 100 valence electrons. The van der Waals surface area contributed by atoms with Crippen LogP contribution in [0.4, 0.5) is 0 Å². The highest BCUT2D eigenvalue weighted by atomic mass is 16.4. The zero-order valence-corrected chi connectivity index (χ0v) is 10.5. The fourth-order valence-corrected chi connectivity index (χ4v) is 1.52. The Labute approximate surface area is 104 Å². The van der Waals surface area contributed by atoms with Gasteiger partial charge >= 0.3 is 5.97 Å². The molecule has 0 aliphatic heterocycles. The molecule has 0 aliphatic carbocycles. The number of aliphatic hydroxyl groups excluding tert-OH is 1. The van der Waals surface area contributed by atoms with Crippen molar-refractivity contribution in [3.05, 3.63) is 17.5 Å². The molecule has 7 heteroatoms. The molecule has 0 saturated heterocycles. The summed E-state index contributed by atoms with van der Waals surface area (Å²) in [6.07, 6.45) is -0.495. The van der Waals surface area contributed by atoms with Gasteiger partial charge < -0.3 is 15.5 Å². The molecule has 0 radical (unpaired) electrons. The minimum Gasteiger partial charge on any atom is -0.480 e. The van der Waals surface area contributed by atoms with Gasteiger partial charge in [0.25, 0.3) is 5.91 Å². The summed E-state index contributed by atoms with van der Waals surface area (Å²) in [7, 11) is 1.60. The summed E-state index contributed by atoms with van der Waals surface area (Å²) >= 11 is 0. The Hall–Kier alpha value is -1.89. The van der Waals surface area contributed by atoms with Crippen molar-refractivity contribution < 1.29 is 19.8 Å². The summed E-state index contributed by atoms with van der Waals surface area (Å²) in [5.41, 5.74) is 1.00. The number of amides is 1. The van der Waals surface area contributed by atoms with E-state index < -0.39 is 24.0 Å². The zero-order chi connectivity index (χ0) is 13.9. The summed E-state index contributed by atoms with van der Waals surface area (Å²) in [6.45, 7) is 3.21. The second-order valence-electron chi connectivity index (χ2n) is 4.03. The van der Waals surface area contributed by atoms with E-state index in [1.165, 1.54) is 11.6 Å². The Bertz CT molecular complexity index is 453. The van der Waals surface area contributed by atoms with Crippen molar-refractivity contribution in [1.29, 1.82) is 0 Å². The van der Waals surface area contributed by atoms with Crippen molar-refractivity contribution in [3.63, 3.8) is 0 Å². The van der Waals surface area contributed by atoms with Gasteiger partial charge in [0, 0.05) is 7.05 Å². The van der Waals surface area contributed by atoms with Crippen LogP contribution >= 0.6 is 0 Å². The van der Waals surface area contributed by atoms with Crippen LogP contribution in [0.5, 0.6) is 0 Å². The van der Waals surface area contributed by atoms with Gasteiger partial charge in [0.1, 0.15) is 5.69 Å². The lowest BCUT2D eigenvalue weighted by Crippen LogP contribution is -2.48. The number of carboxylic acids is 1. The van der Waals surface area contributed by atoms with Crippen molar-refractivity contribution in [2.75, 3.05) is 0 Å². The maximum Gasteiger partial charge on any atom is 0.328 e. The summed E-state index contributed by atoms with van der Waals surface area (Å²) in [4.78, 5) is 22.7. The lowest BCUT2D eigenvalue weighted by Gasteiger charge is -2.16. The molecule has 1 rings (SSSR count). The summed E-state index contributed by atoms with van der Waals surface area (Å²) in [6, 6.07) is 0.258. The quantitative estimate of drug-likeness (QED) is 0.660. The number of hydrogen-bond donors (Lipinski definition) is 3. The van der Waals surface area contributed by atoms with E-state index in [4.69, 9.17) is 5.11 Å². The number of carbonyl (C=O) groups excluding carboxylic acids is 1. The van der Waals surface area contributed by atoms with Crippen LogP contribution in [-0.4, -0.2) is 44.0 Å². The Morgan fingerprint density at radius 1 is 1.56 bits per heavy atom. The molecule has 1 aromatic rings. The van der Waals surface area contributed by atoms with Gasteiger partial charge in [0.2, 0.25) is 0 Å². The molecule has 0 bridgehead atoms. The molecule has 3 N–H and O–H groups in total. The van der Waals surface area contributed by atoms with E-state index in [0.717, 1.165) is 5.69 Å². The van der Waals surface area contributed by atoms with Gasteiger partial charge in [-0.2, -0.15) is 5.10 Å². The summed E-state index contributed by atoms with van der Waals surface area (Å²) < 4.78 is 1.38. The topological polar surface area (TPSA) is 104 Å². The summed E-state index contributed by atoms with van der Waals surface area (Å²) in [5, 5.41) is 24.5. The first-order valence-corrected chi connectivity index (χ1v) is 5.61. The maximum absolute atomic E-state index is 11.9. The average molecular weight is 255 g/mol. The number of aliphatic hydroxyl groups is 1. The van der Waals surface area contributed by atoms with Gasteiger partial charge in [-0.25, -0.2) is 4.79 Å². The van der Waals surface area contributed by atoms with Gasteiger partial charge in [-0.15, -0.1) is 0 Å². The lowest BCUT2D eigenvalue weighted by atomic mass is 10.2. The SMILES string of the molecule is CCc1cc(C(=O)NC(C(=O)O)C(C)O)n(C)n1. The second kappa shape index (κ2) is 5.63. The largest absolute Gasteiger partial charge is 0.480 e. The van der Waals surface area contributed by atoms with E-state index in [2.05, 4.69) is 10.4 Å². The van der Waals surface area contributed by atoms with Crippen molar-refractivity contribution in [2.45, 2.75) is 32.4 Å². The average Bonchev–Trinajstić information content (AvgIpc) is 2.66. The monoisotopic (exact) mass is 255 g/mol. The van der Waals surface area contributed by atoms with E-state index in [1.54, 1.807) is 13.1 Å². The Morgan fingerprint density at radius 3 is 2.56 bits per heavy atom. The highest BCUT2D eigenvalue weighted by Crippen LogP contribution is 2.05. The number of nitrogens with zero attached hydrogens (tertiary/aromatic N) is 2. The molecule has 1 aromatic heterocycles. The molecule has 2 unspecified atom stereocenters. The third-order valence-electron chi connectivity index (χ3n) is 2.56. The van der Waals surface area contributed by atoms with Gasteiger partial charge in [-0.3, -0.25) is 9.48 Å². The first-order chi connectivity index (χ1) is 8.36. The summed E-state index contributed by atoms with van der Waals surface area (Å²) in [5.74, 6) is -1.85. The first kappa shape index (κ1) is 14.2. The first-order valence-electron chi connectivity index (χ1n) is 5.61. The highest BCUT2D eigenvalue weighted by Gasteiger charge is 2.26. The number of carbonyl (C=O) groups is 2. The maximum atomic E-state index is 11.9. The molecular formula is C11H17N3O4. The standard InChI is InChI=1S/C11H17N3O4/c1-4-7-5-8(14(3)13-7)10(16)12-9(6(2)15)11(17)18/h5-6,9,15H,4H2,1-3H3,(H,12,16)(H,17,18). The molecule has 1 heterocycles. The predicted molar refractivity (Wildman–Crippen MR) is 63.2 cm³/mol. The van der Waals surface area contributed by atoms with Crippen LogP contribution in [0.25, 0.3) is 0 Å². The Morgan fingerprint density at radius 2 is 2.17 bits per heavy atom. The van der Waals surface area contributed by atoms with E-state index in [1.807, 2.05) is 6.92 Å². The number of aryl methyl sites for hydroxylation is 2. The van der Waals surface area contributed by atoms with E-state index in [9.17, 15) is 14.7 Å². The van der Waals surface area contributed by atoms with Crippen molar-refractivity contribution in [3.8, 4) is 0 Å². The molecule has 0 spiro atoms. The smallest absolute Gasteiger partial charge is 0.328 e. The molecule has 1 amide bonds. The van der Waals surface area contributed by atoms with Crippen molar-refractivity contribution in [2.24, 2.45) is 7.05 Å².